The number of benzene rings is 2. The molecule has 0 aliphatic heterocycles. The fourth-order valence-corrected chi connectivity index (χ4v) is 3.13. The highest BCUT2D eigenvalue weighted by Crippen LogP contribution is 2.48. The minimum Gasteiger partial charge on any atom is -0.385 e. The van der Waals surface area contributed by atoms with E-state index < -0.39 is 5.60 Å². The number of aliphatic hydroxyl groups is 1. The minimum absolute atomic E-state index is 0.0234. The predicted molar refractivity (Wildman–Crippen MR) is 91.0 cm³/mol. The van der Waals surface area contributed by atoms with E-state index in [1.807, 2.05) is 24.3 Å². The molecule has 0 aromatic heterocycles. The third kappa shape index (κ3) is 3.49. The Bertz CT molecular complexity index is 723. The van der Waals surface area contributed by atoms with Crippen molar-refractivity contribution in [3.05, 3.63) is 71.5 Å². The van der Waals surface area contributed by atoms with Crippen LogP contribution in [0.2, 0.25) is 0 Å². The summed E-state index contributed by atoms with van der Waals surface area (Å²) >= 11 is 0. The molecule has 1 aliphatic carbocycles. The van der Waals surface area contributed by atoms with Crippen LogP contribution in [0.3, 0.4) is 0 Å². The maximum Gasteiger partial charge on any atom is 0.223 e. The number of nitrogens with one attached hydrogen (secondary N) is 1. The fraction of sp³-hybridized carbons (Fsp3) is 0.350. The molecule has 1 amide bonds. The van der Waals surface area contributed by atoms with Crippen LogP contribution in [0, 0.1) is 5.82 Å². The van der Waals surface area contributed by atoms with E-state index in [4.69, 9.17) is 0 Å². The second-order valence-corrected chi connectivity index (χ2v) is 6.85. The minimum atomic E-state index is -1.22. The normalized spacial score (nSPS) is 17.8. The lowest BCUT2D eigenvalue weighted by atomic mass is 9.91. The number of carbonyl (C=O) groups excluding carboxylic acids is 1. The van der Waals surface area contributed by atoms with Gasteiger partial charge >= 0.3 is 0 Å². The van der Waals surface area contributed by atoms with Crippen LogP contribution in [-0.4, -0.2) is 17.6 Å². The first-order valence-corrected chi connectivity index (χ1v) is 8.23. The summed E-state index contributed by atoms with van der Waals surface area (Å²) in [7, 11) is 0. The SMILES string of the molecule is CC(O)(CC(=O)NCC1(c2ccccc2F)CC1)c1ccccc1. The van der Waals surface area contributed by atoms with E-state index >= 15 is 0 Å². The van der Waals surface area contributed by atoms with Crippen LogP contribution in [0.15, 0.2) is 54.6 Å². The van der Waals surface area contributed by atoms with Crippen molar-refractivity contribution in [1.29, 1.82) is 0 Å². The van der Waals surface area contributed by atoms with E-state index in [0.29, 0.717) is 17.7 Å². The van der Waals surface area contributed by atoms with Crippen molar-refractivity contribution in [1.82, 2.24) is 5.32 Å². The molecule has 0 heterocycles. The molecule has 1 fully saturated rings. The molecule has 3 rings (SSSR count). The standard InChI is InChI=1S/C20H22FNO2/c1-19(24,15-7-3-2-4-8-15)13-18(23)22-14-20(11-12-20)16-9-5-6-10-17(16)21/h2-10,24H,11-14H2,1H3,(H,22,23). The van der Waals surface area contributed by atoms with Crippen molar-refractivity contribution in [2.45, 2.75) is 37.2 Å². The van der Waals surface area contributed by atoms with E-state index in [-0.39, 0.29) is 23.6 Å². The molecule has 0 radical (unpaired) electrons. The summed E-state index contributed by atoms with van der Waals surface area (Å²) < 4.78 is 14.0. The number of carbonyl (C=O) groups is 1. The highest BCUT2D eigenvalue weighted by Gasteiger charge is 2.46. The molecule has 2 aromatic rings. The molecule has 3 nitrogen and oxygen atoms in total. The lowest BCUT2D eigenvalue weighted by molar-refractivity contribution is -0.126. The number of hydrogen-bond acceptors (Lipinski definition) is 2. The van der Waals surface area contributed by atoms with Crippen LogP contribution in [0.4, 0.5) is 4.39 Å². The van der Waals surface area contributed by atoms with Crippen LogP contribution < -0.4 is 5.32 Å². The van der Waals surface area contributed by atoms with Gasteiger partial charge in [0.1, 0.15) is 5.82 Å². The Balaban J connectivity index is 1.61. The van der Waals surface area contributed by atoms with Gasteiger partial charge in [0.15, 0.2) is 0 Å². The van der Waals surface area contributed by atoms with Gasteiger partial charge in [-0.3, -0.25) is 4.79 Å². The maximum absolute atomic E-state index is 14.0. The second-order valence-electron chi connectivity index (χ2n) is 6.85. The van der Waals surface area contributed by atoms with Gasteiger partial charge in [0.2, 0.25) is 5.91 Å². The van der Waals surface area contributed by atoms with Crippen LogP contribution in [0.1, 0.15) is 37.3 Å². The molecular formula is C20H22FNO2. The lowest BCUT2D eigenvalue weighted by Gasteiger charge is -2.24. The first-order valence-electron chi connectivity index (χ1n) is 8.23. The van der Waals surface area contributed by atoms with Gasteiger partial charge in [0.05, 0.1) is 12.0 Å². The molecule has 4 heteroatoms. The average Bonchev–Trinajstić information content (AvgIpc) is 3.35. The summed E-state index contributed by atoms with van der Waals surface area (Å²) in [5.74, 6) is -0.452. The highest BCUT2D eigenvalue weighted by atomic mass is 19.1. The first kappa shape index (κ1) is 16.7. The third-order valence-corrected chi connectivity index (χ3v) is 4.82. The topological polar surface area (TPSA) is 49.3 Å². The van der Waals surface area contributed by atoms with Gasteiger partial charge in [0.25, 0.3) is 0 Å². The Kier molecular flexibility index (Phi) is 4.41. The Hall–Kier alpha value is -2.20. The number of amides is 1. The Labute approximate surface area is 141 Å². The Morgan fingerprint density at radius 2 is 1.79 bits per heavy atom. The molecule has 0 saturated heterocycles. The van der Waals surface area contributed by atoms with Crippen LogP contribution in [0.25, 0.3) is 0 Å². The third-order valence-electron chi connectivity index (χ3n) is 4.82. The van der Waals surface area contributed by atoms with Crippen LogP contribution in [-0.2, 0) is 15.8 Å². The summed E-state index contributed by atoms with van der Waals surface area (Å²) in [6.45, 7) is 2.03. The second kappa shape index (κ2) is 6.36. The lowest BCUT2D eigenvalue weighted by Crippen LogP contribution is -2.37. The van der Waals surface area contributed by atoms with Crippen LogP contribution >= 0.6 is 0 Å². The summed E-state index contributed by atoms with van der Waals surface area (Å²) in [5, 5.41) is 13.4. The summed E-state index contributed by atoms with van der Waals surface area (Å²) in [6.07, 6.45) is 1.71. The van der Waals surface area contributed by atoms with E-state index in [1.165, 1.54) is 6.07 Å². The van der Waals surface area contributed by atoms with Crippen molar-refractivity contribution in [3.63, 3.8) is 0 Å². The van der Waals surface area contributed by atoms with E-state index in [2.05, 4.69) is 5.32 Å². The number of halogens is 1. The average molecular weight is 327 g/mol. The van der Waals surface area contributed by atoms with Gasteiger partial charge in [-0.2, -0.15) is 0 Å². The molecular weight excluding hydrogens is 305 g/mol. The predicted octanol–water partition coefficient (Wildman–Crippen LogP) is 3.27. The summed E-state index contributed by atoms with van der Waals surface area (Å²) in [6, 6.07) is 15.9. The van der Waals surface area contributed by atoms with Crippen molar-refractivity contribution < 1.29 is 14.3 Å². The Morgan fingerprint density at radius 3 is 2.42 bits per heavy atom. The molecule has 2 N–H and O–H groups in total. The van der Waals surface area contributed by atoms with E-state index in [9.17, 15) is 14.3 Å². The van der Waals surface area contributed by atoms with E-state index in [1.54, 1.807) is 31.2 Å². The molecule has 1 unspecified atom stereocenters. The molecule has 126 valence electrons. The van der Waals surface area contributed by atoms with Crippen molar-refractivity contribution in [2.75, 3.05) is 6.54 Å². The molecule has 1 saturated carbocycles. The zero-order chi connectivity index (χ0) is 17.2. The van der Waals surface area contributed by atoms with Gasteiger partial charge in [0, 0.05) is 12.0 Å². The van der Waals surface area contributed by atoms with Crippen molar-refractivity contribution in [3.8, 4) is 0 Å². The zero-order valence-corrected chi connectivity index (χ0v) is 13.8. The highest BCUT2D eigenvalue weighted by molar-refractivity contribution is 5.77. The largest absolute Gasteiger partial charge is 0.385 e. The summed E-state index contributed by atoms with van der Waals surface area (Å²) in [4.78, 5) is 12.3. The first-order chi connectivity index (χ1) is 11.4. The monoisotopic (exact) mass is 327 g/mol. The maximum atomic E-state index is 14.0. The number of hydrogen-bond donors (Lipinski definition) is 2. The quantitative estimate of drug-likeness (QED) is 0.855. The van der Waals surface area contributed by atoms with Gasteiger partial charge in [-0.1, -0.05) is 48.5 Å². The Morgan fingerprint density at radius 1 is 1.17 bits per heavy atom. The van der Waals surface area contributed by atoms with Crippen LogP contribution in [0.5, 0.6) is 0 Å². The van der Waals surface area contributed by atoms with Gasteiger partial charge in [-0.15, -0.1) is 0 Å². The zero-order valence-electron chi connectivity index (χ0n) is 13.8. The van der Waals surface area contributed by atoms with Gasteiger partial charge in [-0.25, -0.2) is 4.39 Å². The smallest absolute Gasteiger partial charge is 0.223 e. The molecule has 24 heavy (non-hydrogen) atoms. The molecule has 0 bridgehead atoms. The van der Waals surface area contributed by atoms with Crippen molar-refractivity contribution >= 4 is 5.91 Å². The fourth-order valence-electron chi connectivity index (χ4n) is 3.13. The van der Waals surface area contributed by atoms with E-state index in [0.717, 1.165) is 12.8 Å². The molecule has 2 aromatic carbocycles. The van der Waals surface area contributed by atoms with Gasteiger partial charge in [-0.05, 0) is 37.0 Å². The van der Waals surface area contributed by atoms with Crippen molar-refractivity contribution in [2.24, 2.45) is 0 Å². The molecule has 0 spiro atoms. The molecule has 1 aliphatic rings. The van der Waals surface area contributed by atoms with Gasteiger partial charge < -0.3 is 10.4 Å². The summed E-state index contributed by atoms with van der Waals surface area (Å²) in [5.41, 5.74) is -0.143. The molecule has 1 atom stereocenters. The number of rotatable bonds is 6.